The Hall–Kier alpha value is -4.41. The van der Waals surface area contributed by atoms with Gasteiger partial charge in [0, 0.05) is 49.1 Å². The van der Waals surface area contributed by atoms with E-state index in [2.05, 4.69) is 32.4 Å². The van der Waals surface area contributed by atoms with Crippen molar-refractivity contribution in [3.63, 3.8) is 0 Å². The molecule has 1 aliphatic rings. The molecule has 0 saturated carbocycles. The Labute approximate surface area is 216 Å². The molecule has 1 aromatic carbocycles. The molecule has 0 bridgehead atoms. The summed E-state index contributed by atoms with van der Waals surface area (Å²) in [4.78, 5) is 38.8. The highest BCUT2D eigenvalue weighted by atomic mass is 19.4. The zero-order valence-electron chi connectivity index (χ0n) is 20.0. The first-order chi connectivity index (χ1) is 18.1. The van der Waals surface area contributed by atoms with E-state index in [-0.39, 0.29) is 5.91 Å². The minimum atomic E-state index is -5.08. The van der Waals surface area contributed by atoms with Crippen molar-refractivity contribution >= 4 is 40.1 Å². The van der Waals surface area contributed by atoms with Crippen LogP contribution in [0.5, 0.6) is 0 Å². The summed E-state index contributed by atoms with van der Waals surface area (Å²) in [5.74, 6) is -5.53. The first-order valence-corrected chi connectivity index (χ1v) is 10.8. The number of carbonyl (C=O) groups excluding carboxylic acids is 1. The molecule has 1 saturated heterocycles. The van der Waals surface area contributed by atoms with E-state index in [1.165, 1.54) is 0 Å². The second-order valence-electron chi connectivity index (χ2n) is 7.93. The molecule has 2 aromatic heterocycles. The van der Waals surface area contributed by atoms with Gasteiger partial charge >= 0.3 is 24.3 Å². The zero-order valence-corrected chi connectivity index (χ0v) is 20.0. The largest absolute Gasteiger partial charge is 0.490 e. The predicted octanol–water partition coefficient (Wildman–Crippen LogP) is 3.36. The molecule has 0 radical (unpaired) electrons. The first kappa shape index (κ1) is 30.8. The molecule has 1 fully saturated rings. The number of anilines is 2. The van der Waals surface area contributed by atoms with Crippen molar-refractivity contribution in [3.05, 3.63) is 48.4 Å². The van der Waals surface area contributed by atoms with Gasteiger partial charge < -0.3 is 25.3 Å². The number of hydrogen-bond acceptors (Lipinski definition) is 7. The van der Waals surface area contributed by atoms with Crippen LogP contribution in [-0.4, -0.2) is 98.6 Å². The number of likely N-dealkylation sites (N-methyl/N-ethyl adjacent to an activating group) is 1. The Morgan fingerprint density at radius 1 is 0.897 bits per heavy atom. The second kappa shape index (κ2) is 12.9. The second-order valence-corrected chi connectivity index (χ2v) is 7.93. The average Bonchev–Trinajstić information content (AvgIpc) is 3.32. The van der Waals surface area contributed by atoms with Gasteiger partial charge in [0.2, 0.25) is 0 Å². The van der Waals surface area contributed by atoms with Crippen molar-refractivity contribution in [1.82, 2.24) is 25.0 Å². The summed E-state index contributed by atoms with van der Waals surface area (Å²) in [6.45, 7) is 3.28. The van der Waals surface area contributed by atoms with Crippen molar-refractivity contribution in [2.24, 2.45) is 0 Å². The summed E-state index contributed by atoms with van der Waals surface area (Å²) in [5.41, 5.74) is 3.25. The fraction of sp³-hybridized carbons (Fsp3) is 0.318. The number of pyridine rings is 1. The topological polar surface area (TPSA) is 152 Å². The average molecular weight is 564 g/mol. The molecule has 212 valence electrons. The predicted molar refractivity (Wildman–Crippen MR) is 124 cm³/mol. The zero-order chi connectivity index (χ0) is 29.4. The van der Waals surface area contributed by atoms with Crippen LogP contribution in [-0.2, 0) is 9.59 Å². The van der Waals surface area contributed by atoms with Crippen LogP contribution in [0.1, 0.15) is 10.5 Å². The molecule has 1 aliphatic heterocycles. The Morgan fingerprint density at radius 2 is 1.44 bits per heavy atom. The van der Waals surface area contributed by atoms with E-state index in [0.29, 0.717) is 5.69 Å². The Balaban J connectivity index is 0.000000317. The summed E-state index contributed by atoms with van der Waals surface area (Å²) < 4.78 is 63.5. The number of nitrogens with zero attached hydrogens (tertiary/aromatic N) is 4. The van der Waals surface area contributed by atoms with Crippen LogP contribution in [0.2, 0.25) is 0 Å². The number of carbonyl (C=O) groups is 3. The number of rotatable bonds is 3. The van der Waals surface area contributed by atoms with Crippen LogP contribution in [0.4, 0.5) is 37.7 Å². The number of H-pyrrole nitrogens is 1. The smallest absolute Gasteiger partial charge is 0.475 e. The number of piperazine rings is 1. The molecule has 0 spiro atoms. The number of alkyl halides is 6. The van der Waals surface area contributed by atoms with E-state index >= 15 is 0 Å². The fourth-order valence-corrected chi connectivity index (χ4v) is 2.98. The van der Waals surface area contributed by atoms with Gasteiger partial charge in [0.1, 0.15) is 5.69 Å². The number of carboxylic acids is 2. The molecule has 17 heteroatoms. The highest BCUT2D eigenvalue weighted by molar-refractivity contribution is 5.93. The number of fused-ring (bicyclic) bond motifs is 1. The molecule has 3 heterocycles. The fourth-order valence-electron chi connectivity index (χ4n) is 2.98. The minimum absolute atomic E-state index is 0.0120. The molecule has 39 heavy (non-hydrogen) atoms. The van der Waals surface area contributed by atoms with Gasteiger partial charge in [0.15, 0.2) is 0 Å². The molecule has 1 amide bonds. The highest BCUT2D eigenvalue weighted by Gasteiger charge is 2.38. The molecule has 3 aromatic rings. The number of nitrogens with one attached hydrogen (secondary N) is 2. The quantitative estimate of drug-likeness (QED) is 0.351. The lowest BCUT2D eigenvalue weighted by molar-refractivity contribution is -0.193. The monoisotopic (exact) mass is 564 g/mol. The van der Waals surface area contributed by atoms with E-state index in [1.54, 1.807) is 18.5 Å². The lowest BCUT2D eigenvalue weighted by Crippen LogP contribution is -2.47. The van der Waals surface area contributed by atoms with Crippen molar-refractivity contribution in [2.75, 3.05) is 38.5 Å². The number of halogens is 6. The van der Waals surface area contributed by atoms with Crippen LogP contribution >= 0.6 is 0 Å². The number of hydrogen-bond donors (Lipinski definition) is 4. The molecule has 11 nitrogen and oxygen atoms in total. The summed E-state index contributed by atoms with van der Waals surface area (Å²) in [6.07, 6.45) is -6.71. The Kier molecular flexibility index (Phi) is 10.2. The van der Waals surface area contributed by atoms with Crippen LogP contribution in [0.15, 0.2) is 42.7 Å². The molecular weight excluding hydrogens is 542 g/mol. The van der Waals surface area contributed by atoms with Gasteiger partial charge in [-0.05, 0) is 37.4 Å². The van der Waals surface area contributed by atoms with Gasteiger partial charge in [-0.2, -0.15) is 31.4 Å². The third-order valence-electron chi connectivity index (χ3n) is 4.98. The molecule has 4 N–H and O–H groups in total. The Bertz CT molecular complexity index is 1260. The van der Waals surface area contributed by atoms with Gasteiger partial charge in [-0.1, -0.05) is 0 Å². The SMILES string of the molecule is CN1CCN(C(=O)c2cc(Nc3ccc4[nH]ncc4c3)ccn2)CC1.O=C(O)C(F)(F)F.O=C(O)C(F)(F)F. The lowest BCUT2D eigenvalue weighted by Gasteiger charge is -2.32. The maximum atomic E-state index is 12.7. The van der Waals surface area contributed by atoms with Gasteiger partial charge in [-0.3, -0.25) is 14.9 Å². The molecule has 4 rings (SSSR count). The third kappa shape index (κ3) is 9.76. The standard InChI is InChI=1S/C18H20N6O.2C2HF3O2/c1-23-6-8-24(9-7-23)18(25)17-11-15(4-5-19-17)21-14-2-3-16-13(10-14)12-20-22-16;2*3-2(4,5)1(6)7/h2-5,10-12H,6-9H2,1H3,(H,19,21)(H,20,22);2*(H,6,7). The summed E-state index contributed by atoms with van der Waals surface area (Å²) in [7, 11) is 2.07. The summed E-state index contributed by atoms with van der Waals surface area (Å²) in [5, 5.41) is 25.6. The maximum Gasteiger partial charge on any atom is 0.490 e. The minimum Gasteiger partial charge on any atom is -0.475 e. The number of amides is 1. The van der Waals surface area contributed by atoms with Crippen LogP contribution in [0.25, 0.3) is 10.9 Å². The summed E-state index contributed by atoms with van der Waals surface area (Å²) >= 11 is 0. The van der Waals surface area contributed by atoms with E-state index < -0.39 is 24.3 Å². The Morgan fingerprint density at radius 3 is 1.97 bits per heavy atom. The third-order valence-corrected chi connectivity index (χ3v) is 4.98. The summed E-state index contributed by atoms with van der Waals surface area (Å²) in [6, 6.07) is 9.63. The van der Waals surface area contributed by atoms with E-state index in [9.17, 15) is 31.1 Å². The highest BCUT2D eigenvalue weighted by Crippen LogP contribution is 2.21. The van der Waals surface area contributed by atoms with Gasteiger partial charge in [0.25, 0.3) is 5.91 Å². The molecular formula is C22H22F6N6O5. The lowest BCUT2D eigenvalue weighted by atomic mass is 10.2. The number of aliphatic carboxylic acids is 2. The molecule has 0 unspecified atom stereocenters. The van der Waals surface area contributed by atoms with Crippen LogP contribution in [0.3, 0.4) is 0 Å². The van der Waals surface area contributed by atoms with E-state index in [1.807, 2.05) is 29.2 Å². The van der Waals surface area contributed by atoms with Crippen molar-refractivity contribution < 1.29 is 50.9 Å². The van der Waals surface area contributed by atoms with E-state index in [4.69, 9.17) is 19.8 Å². The van der Waals surface area contributed by atoms with Crippen molar-refractivity contribution in [2.45, 2.75) is 12.4 Å². The van der Waals surface area contributed by atoms with Crippen molar-refractivity contribution in [1.29, 1.82) is 0 Å². The van der Waals surface area contributed by atoms with Gasteiger partial charge in [0.05, 0.1) is 11.7 Å². The number of carboxylic acid groups (broad SMARTS) is 2. The number of benzene rings is 1. The molecule has 0 aliphatic carbocycles. The first-order valence-electron chi connectivity index (χ1n) is 10.8. The van der Waals surface area contributed by atoms with Crippen LogP contribution in [0, 0.1) is 0 Å². The van der Waals surface area contributed by atoms with Crippen molar-refractivity contribution in [3.8, 4) is 0 Å². The number of aromatic nitrogens is 3. The van der Waals surface area contributed by atoms with Gasteiger partial charge in [-0.15, -0.1) is 0 Å². The molecule has 0 atom stereocenters. The maximum absolute atomic E-state index is 12.7. The normalized spacial score (nSPS) is 14.0. The van der Waals surface area contributed by atoms with Gasteiger partial charge in [-0.25, -0.2) is 9.59 Å². The van der Waals surface area contributed by atoms with Crippen LogP contribution < -0.4 is 5.32 Å². The van der Waals surface area contributed by atoms with E-state index in [0.717, 1.165) is 48.5 Å². The number of aromatic amines is 1.